The summed E-state index contributed by atoms with van der Waals surface area (Å²) in [7, 11) is 0. The van der Waals surface area contributed by atoms with Crippen molar-refractivity contribution < 1.29 is 13.9 Å². The third kappa shape index (κ3) is 3.00. The summed E-state index contributed by atoms with van der Waals surface area (Å²) < 4.78 is 27.3. The summed E-state index contributed by atoms with van der Waals surface area (Å²) in [5, 5.41) is 19.3. The summed E-state index contributed by atoms with van der Waals surface area (Å²) in [4.78, 5) is 6.87. The van der Waals surface area contributed by atoms with Gasteiger partial charge in [0, 0.05) is 16.5 Å². The Hall–Kier alpha value is -3.06. The van der Waals surface area contributed by atoms with Crippen LogP contribution in [0.2, 0.25) is 0 Å². The number of rotatable bonds is 3. The van der Waals surface area contributed by atoms with Gasteiger partial charge in [0.1, 0.15) is 28.2 Å². The molecule has 1 aromatic heterocycles. The molecule has 4 rings (SSSR count). The number of hydrogen-bond donors (Lipinski definition) is 2. The molecule has 4 nitrogen and oxygen atoms in total. The van der Waals surface area contributed by atoms with E-state index in [9.17, 15) is 13.9 Å². The van der Waals surface area contributed by atoms with Gasteiger partial charge in [-0.05, 0) is 19.1 Å². The van der Waals surface area contributed by atoms with Crippen molar-refractivity contribution in [2.75, 3.05) is 11.4 Å². The number of aromatic nitrogens is 1. The van der Waals surface area contributed by atoms with Gasteiger partial charge < -0.3 is 10.0 Å². The molecule has 1 aliphatic rings. The summed E-state index contributed by atoms with van der Waals surface area (Å²) >= 11 is 1.37. The average molecular weight is 383 g/mol. The van der Waals surface area contributed by atoms with Crippen molar-refractivity contribution in [3.05, 3.63) is 75.8 Å². The molecule has 2 aromatic carbocycles. The van der Waals surface area contributed by atoms with Crippen LogP contribution in [0.4, 0.5) is 14.5 Å². The van der Waals surface area contributed by atoms with E-state index in [2.05, 4.69) is 4.98 Å². The van der Waals surface area contributed by atoms with Crippen molar-refractivity contribution in [1.82, 2.24) is 4.98 Å². The van der Waals surface area contributed by atoms with Crippen LogP contribution < -0.4 is 4.90 Å². The smallest absolute Gasteiger partial charge is 0.149 e. The predicted octanol–water partition coefficient (Wildman–Crippen LogP) is 5.16. The van der Waals surface area contributed by atoms with Gasteiger partial charge in [0.2, 0.25) is 0 Å². The molecule has 0 bridgehead atoms. The zero-order valence-corrected chi connectivity index (χ0v) is 15.1. The van der Waals surface area contributed by atoms with Crippen molar-refractivity contribution in [2.24, 2.45) is 0 Å². The number of thiazole rings is 1. The number of nitrogens with one attached hydrogen (secondary N) is 1. The fraction of sp³-hybridized carbons (Fsp3) is 0.100. The van der Waals surface area contributed by atoms with Crippen molar-refractivity contribution in [2.45, 2.75) is 6.92 Å². The molecule has 3 aromatic rings. The molecule has 0 fully saturated rings. The Morgan fingerprint density at radius 3 is 2.59 bits per heavy atom. The van der Waals surface area contributed by atoms with Crippen LogP contribution in [-0.2, 0) is 0 Å². The normalized spacial score (nSPS) is 14.3. The molecule has 27 heavy (non-hydrogen) atoms. The van der Waals surface area contributed by atoms with E-state index >= 15 is 0 Å². The topological polar surface area (TPSA) is 60.2 Å². The predicted molar refractivity (Wildman–Crippen MR) is 103 cm³/mol. The van der Waals surface area contributed by atoms with Crippen molar-refractivity contribution in [3.63, 3.8) is 0 Å². The lowest BCUT2D eigenvalue weighted by molar-refractivity contribution is 0.411. The number of halogens is 2. The van der Waals surface area contributed by atoms with Crippen molar-refractivity contribution in [3.8, 4) is 11.3 Å². The molecule has 2 N–H and O–H groups in total. The standard InChI is InChI=1S/C20H15F2N3OS/c1-11-18(12-5-3-2-4-6-12)24-20(27-11)17-16(26)10-25(19(17)23)15-8-7-13(21)9-14(15)22/h2-9,23,26H,10H2,1H3. The fourth-order valence-electron chi connectivity index (χ4n) is 3.08. The highest BCUT2D eigenvalue weighted by Gasteiger charge is 2.33. The third-order valence-electron chi connectivity index (χ3n) is 4.36. The van der Waals surface area contributed by atoms with Crippen LogP contribution in [0.5, 0.6) is 0 Å². The first-order valence-electron chi connectivity index (χ1n) is 8.22. The van der Waals surface area contributed by atoms with E-state index in [1.165, 1.54) is 22.3 Å². The Balaban J connectivity index is 1.71. The summed E-state index contributed by atoms with van der Waals surface area (Å²) in [5.41, 5.74) is 2.05. The van der Waals surface area contributed by atoms with Gasteiger partial charge in [-0.2, -0.15) is 0 Å². The molecule has 1 aliphatic heterocycles. The van der Waals surface area contributed by atoms with Gasteiger partial charge in [-0.1, -0.05) is 30.3 Å². The van der Waals surface area contributed by atoms with Crippen LogP contribution in [0, 0.1) is 24.0 Å². The van der Waals surface area contributed by atoms with E-state index in [0.29, 0.717) is 5.01 Å². The minimum Gasteiger partial charge on any atom is -0.510 e. The molecule has 136 valence electrons. The van der Waals surface area contributed by atoms with Gasteiger partial charge >= 0.3 is 0 Å². The van der Waals surface area contributed by atoms with E-state index in [1.54, 1.807) is 0 Å². The average Bonchev–Trinajstić information content (AvgIpc) is 3.15. The minimum absolute atomic E-state index is 0.0412. The van der Waals surface area contributed by atoms with Crippen LogP contribution in [0.1, 0.15) is 9.88 Å². The number of aliphatic hydroxyl groups excluding tert-OH is 1. The van der Waals surface area contributed by atoms with E-state index in [4.69, 9.17) is 5.41 Å². The second kappa shape index (κ2) is 6.59. The van der Waals surface area contributed by atoms with Crippen LogP contribution in [0.3, 0.4) is 0 Å². The molecule has 0 radical (unpaired) electrons. The first-order chi connectivity index (χ1) is 13.0. The van der Waals surface area contributed by atoms with Gasteiger partial charge in [0.05, 0.1) is 23.5 Å². The summed E-state index contributed by atoms with van der Waals surface area (Å²) in [6.07, 6.45) is 0. The Morgan fingerprint density at radius 1 is 1.15 bits per heavy atom. The molecule has 0 amide bonds. The molecule has 2 heterocycles. The lowest BCUT2D eigenvalue weighted by atomic mass is 10.1. The second-order valence-electron chi connectivity index (χ2n) is 6.14. The van der Waals surface area contributed by atoms with Crippen LogP contribution >= 0.6 is 11.3 Å². The van der Waals surface area contributed by atoms with E-state index < -0.39 is 11.6 Å². The quantitative estimate of drug-likeness (QED) is 0.656. The molecule has 0 saturated carbocycles. The number of aliphatic hydroxyl groups is 1. The number of nitrogens with zero attached hydrogens (tertiary/aromatic N) is 2. The van der Waals surface area contributed by atoms with Gasteiger partial charge in [0.15, 0.2) is 0 Å². The molecule has 0 atom stereocenters. The number of amidine groups is 1. The summed E-state index contributed by atoms with van der Waals surface area (Å²) in [5.74, 6) is -1.60. The van der Waals surface area contributed by atoms with Gasteiger partial charge in [-0.3, -0.25) is 5.41 Å². The molecule has 0 spiro atoms. The largest absolute Gasteiger partial charge is 0.510 e. The first-order valence-corrected chi connectivity index (χ1v) is 9.04. The monoisotopic (exact) mass is 383 g/mol. The number of aryl methyl sites for hydroxylation is 1. The fourth-order valence-corrected chi connectivity index (χ4v) is 4.08. The zero-order valence-electron chi connectivity index (χ0n) is 14.3. The molecular weight excluding hydrogens is 368 g/mol. The first kappa shape index (κ1) is 17.4. The Bertz CT molecular complexity index is 1080. The van der Waals surface area contributed by atoms with Crippen LogP contribution in [0.15, 0.2) is 54.3 Å². The van der Waals surface area contributed by atoms with E-state index in [1.807, 2.05) is 37.3 Å². The van der Waals surface area contributed by atoms with E-state index in [-0.39, 0.29) is 29.4 Å². The van der Waals surface area contributed by atoms with Gasteiger partial charge in [-0.25, -0.2) is 13.8 Å². The zero-order chi connectivity index (χ0) is 19.1. The molecule has 0 saturated heterocycles. The Kier molecular flexibility index (Phi) is 4.24. The maximum absolute atomic E-state index is 14.1. The van der Waals surface area contributed by atoms with Gasteiger partial charge in [0.25, 0.3) is 0 Å². The molecule has 7 heteroatoms. The maximum atomic E-state index is 14.1. The molecular formula is C20H15F2N3OS. The summed E-state index contributed by atoms with van der Waals surface area (Å²) in [6, 6.07) is 12.8. The lowest BCUT2D eigenvalue weighted by Crippen LogP contribution is -2.27. The number of anilines is 1. The number of benzene rings is 2. The summed E-state index contributed by atoms with van der Waals surface area (Å²) in [6.45, 7) is 1.87. The SMILES string of the molecule is Cc1sc(C2=C(O)CN(c3ccc(F)cc3F)C2=N)nc1-c1ccccc1. The third-order valence-corrected chi connectivity index (χ3v) is 5.35. The number of hydrogen-bond acceptors (Lipinski definition) is 4. The molecule has 0 aliphatic carbocycles. The minimum atomic E-state index is -0.783. The highest BCUT2D eigenvalue weighted by Crippen LogP contribution is 2.37. The Labute approximate surface area is 158 Å². The highest BCUT2D eigenvalue weighted by molar-refractivity contribution is 7.13. The van der Waals surface area contributed by atoms with Crippen molar-refractivity contribution in [1.29, 1.82) is 5.41 Å². The van der Waals surface area contributed by atoms with Crippen LogP contribution in [0.25, 0.3) is 16.8 Å². The molecule has 0 unspecified atom stereocenters. The van der Waals surface area contributed by atoms with Crippen molar-refractivity contribution >= 4 is 28.4 Å². The lowest BCUT2D eigenvalue weighted by Gasteiger charge is -2.19. The highest BCUT2D eigenvalue weighted by atomic mass is 32.1. The van der Waals surface area contributed by atoms with Crippen LogP contribution in [-0.4, -0.2) is 22.5 Å². The van der Waals surface area contributed by atoms with E-state index in [0.717, 1.165) is 28.3 Å². The van der Waals surface area contributed by atoms with Gasteiger partial charge in [-0.15, -0.1) is 11.3 Å². The Morgan fingerprint density at radius 2 is 1.89 bits per heavy atom. The second-order valence-corrected chi connectivity index (χ2v) is 7.35. The maximum Gasteiger partial charge on any atom is 0.149 e.